The van der Waals surface area contributed by atoms with Crippen LogP contribution in [0.2, 0.25) is 0 Å². The average molecular weight is 235 g/mol. The summed E-state index contributed by atoms with van der Waals surface area (Å²) in [4.78, 5) is 12.8. The molecule has 1 saturated carbocycles. The number of anilines is 1. The maximum absolute atomic E-state index is 10.7. The molecule has 0 spiro atoms. The van der Waals surface area contributed by atoms with Crippen molar-refractivity contribution in [3.8, 4) is 5.75 Å². The van der Waals surface area contributed by atoms with Gasteiger partial charge in [0.2, 0.25) is 0 Å². The van der Waals surface area contributed by atoms with Gasteiger partial charge in [-0.25, -0.2) is 0 Å². The van der Waals surface area contributed by atoms with Crippen molar-refractivity contribution in [2.24, 2.45) is 11.8 Å². The zero-order valence-corrected chi connectivity index (χ0v) is 10.1. The Labute approximate surface area is 101 Å². The number of carbonyl (C=O) groups is 1. The fourth-order valence-electron chi connectivity index (χ4n) is 2.05. The molecule has 1 aromatic carbocycles. The van der Waals surface area contributed by atoms with Crippen molar-refractivity contribution in [3.63, 3.8) is 0 Å². The van der Waals surface area contributed by atoms with Crippen molar-refractivity contribution in [2.45, 2.75) is 6.42 Å². The zero-order valence-electron chi connectivity index (χ0n) is 10.1. The summed E-state index contributed by atoms with van der Waals surface area (Å²) in [6.07, 6.45) is 0.801. The van der Waals surface area contributed by atoms with Gasteiger partial charge in [0.25, 0.3) is 0 Å². The van der Waals surface area contributed by atoms with E-state index in [-0.39, 0.29) is 5.92 Å². The summed E-state index contributed by atoms with van der Waals surface area (Å²) in [5.41, 5.74) is 1.09. The first-order chi connectivity index (χ1) is 8.11. The van der Waals surface area contributed by atoms with Gasteiger partial charge in [0.05, 0.1) is 13.0 Å². The number of hydrogen-bond donors (Lipinski definition) is 1. The maximum Gasteiger partial charge on any atom is 0.306 e. The highest BCUT2D eigenvalue weighted by Crippen LogP contribution is 2.39. The largest absolute Gasteiger partial charge is 0.497 e. The van der Waals surface area contributed by atoms with E-state index >= 15 is 0 Å². The van der Waals surface area contributed by atoms with Crippen molar-refractivity contribution < 1.29 is 14.6 Å². The van der Waals surface area contributed by atoms with E-state index in [4.69, 9.17) is 9.84 Å². The Kier molecular flexibility index (Phi) is 3.22. The first-order valence-electron chi connectivity index (χ1n) is 5.70. The van der Waals surface area contributed by atoms with E-state index in [2.05, 4.69) is 4.90 Å². The highest BCUT2D eigenvalue weighted by atomic mass is 16.5. The standard InChI is InChI=1S/C13H17NO3/c1-14(8-9-7-12(9)13(15)16)10-3-5-11(17-2)6-4-10/h3-6,9,12H,7-8H2,1-2H3,(H,15,16). The van der Waals surface area contributed by atoms with E-state index in [0.29, 0.717) is 5.92 Å². The van der Waals surface area contributed by atoms with E-state index < -0.39 is 5.97 Å². The van der Waals surface area contributed by atoms with Crippen LogP contribution in [0.15, 0.2) is 24.3 Å². The Balaban J connectivity index is 1.91. The van der Waals surface area contributed by atoms with Crippen LogP contribution in [-0.2, 0) is 4.79 Å². The van der Waals surface area contributed by atoms with Gasteiger partial charge in [-0.05, 0) is 36.6 Å². The summed E-state index contributed by atoms with van der Waals surface area (Å²) < 4.78 is 5.09. The van der Waals surface area contributed by atoms with Crippen molar-refractivity contribution in [3.05, 3.63) is 24.3 Å². The van der Waals surface area contributed by atoms with Gasteiger partial charge in [0, 0.05) is 19.3 Å². The van der Waals surface area contributed by atoms with Gasteiger partial charge in [-0.3, -0.25) is 4.79 Å². The molecule has 92 valence electrons. The Bertz CT molecular complexity index is 402. The fraction of sp³-hybridized carbons (Fsp3) is 0.462. The molecule has 0 radical (unpaired) electrons. The third-order valence-corrected chi connectivity index (χ3v) is 3.26. The molecule has 1 aliphatic carbocycles. The Morgan fingerprint density at radius 1 is 1.47 bits per heavy atom. The van der Waals surface area contributed by atoms with E-state index in [1.165, 1.54) is 0 Å². The molecule has 1 aliphatic rings. The summed E-state index contributed by atoms with van der Waals surface area (Å²) >= 11 is 0. The predicted molar refractivity (Wildman–Crippen MR) is 65.5 cm³/mol. The number of carboxylic acids is 1. The normalized spacial score (nSPS) is 22.0. The van der Waals surface area contributed by atoms with Gasteiger partial charge < -0.3 is 14.7 Å². The van der Waals surface area contributed by atoms with Crippen LogP contribution in [0, 0.1) is 11.8 Å². The number of rotatable bonds is 5. The molecule has 1 fully saturated rings. The van der Waals surface area contributed by atoms with Crippen LogP contribution in [0.4, 0.5) is 5.69 Å². The summed E-state index contributed by atoms with van der Waals surface area (Å²) in [5.74, 6) is 0.311. The van der Waals surface area contributed by atoms with Gasteiger partial charge >= 0.3 is 5.97 Å². The van der Waals surface area contributed by atoms with Gasteiger partial charge in [-0.1, -0.05) is 0 Å². The smallest absolute Gasteiger partial charge is 0.306 e. The second-order valence-corrected chi connectivity index (χ2v) is 4.52. The Morgan fingerprint density at radius 3 is 2.59 bits per heavy atom. The topological polar surface area (TPSA) is 49.8 Å². The number of carboxylic acid groups (broad SMARTS) is 1. The number of ether oxygens (including phenoxy) is 1. The van der Waals surface area contributed by atoms with Crippen molar-refractivity contribution >= 4 is 11.7 Å². The first-order valence-corrected chi connectivity index (χ1v) is 5.70. The lowest BCUT2D eigenvalue weighted by Gasteiger charge is -2.19. The molecule has 17 heavy (non-hydrogen) atoms. The minimum atomic E-state index is -0.668. The van der Waals surface area contributed by atoms with E-state index in [1.807, 2.05) is 31.3 Å². The van der Waals surface area contributed by atoms with Crippen molar-refractivity contribution in [2.75, 3.05) is 25.6 Å². The van der Waals surface area contributed by atoms with Crippen molar-refractivity contribution in [1.82, 2.24) is 0 Å². The maximum atomic E-state index is 10.7. The molecule has 4 heteroatoms. The molecule has 0 aliphatic heterocycles. The van der Waals surface area contributed by atoms with Gasteiger partial charge in [-0.15, -0.1) is 0 Å². The number of benzene rings is 1. The zero-order chi connectivity index (χ0) is 12.4. The third kappa shape index (κ3) is 2.70. The highest BCUT2D eigenvalue weighted by molar-refractivity contribution is 5.73. The van der Waals surface area contributed by atoms with E-state index in [1.54, 1.807) is 7.11 Å². The van der Waals surface area contributed by atoms with Crippen molar-refractivity contribution in [1.29, 1.82) is 0 Å². The molecule has 1 aromatic rings. The fourth-order valence-corrected chi connectivity index (χ4v) is 2.05. The first kappa shape index (κ1) is 11.8. The molecular weight excluding hydrogens is 218 g/mol. The summed E-state index contributed by atoms with van der Waals surface area (Å²) in [6.45, 7) is 0.795. The lowest BCUT2D eigenvalue weighted by atomic mass is 10.2. The monoisotopic (exact) mass is 235 g/mol. The average Bonchev–Trinajstić information content (AvgIpc) is 3.08. The SMILES string of the molecule is COc1ccc(N(C)CC2CC2C(=O)O)cc1. The minimum Gasteiger partial charge on any atom is -0.497 e. The number of hydrogen-bond acceptors (Lipinski definition) is 3. The molecule has 0 heterocycles. The molecule has 0 aromatic heterocycles. The van der Waals surface area contributed by atoms with Crippen LogP contribution in [0.25, 0.3) is 0 Å². The predicted octanol–water partition coefficient (Wildman–Crippen LogP) is 1.85. The molecule has 0 amide bonds. The Hall–Kier alpha value is -1.71. The molecule has 4 nitrogen and oxygen atoms in total. The summed E-state index contributed by atoms with van der Waals surface area (Å²) in [5, 5.41) is 8.84. The highest BCUT2D eigenvalue weighted by Gasteiger charge is 2.43. The lowest BCUT2D eigenvalue weighted by Crippen LogP contribution is -2.21. The van der Waals surface area contributed by atoms with E-state index in [9.17, 15) is 4.79 Å². The van der Waals surface area contributed by atoms with Crippen LogP contribution >= 0.6 is 0 Å². The second-order valence-electron chi connectivity index (χ2n) is 4.52. The minimum absolute atomic E-state index is 0.143. The Morgan fingerprint density at radius 2 is 2.12 bits per heavy atom. The third-order valence-electron chi connectivity index (χ3n) is 3.26. The lowest BCUT2D eigenvalue weighted by molar-refractivity contribution is -0.138. The van der Waals surface area contributed by atoms with Crippen LogP contribution in [-0.4, -0.2) is 31.8 Å². The summed E-state index contributed by atoms with van der Waals surface area (Å²) in [7, 11) is 3.62. The summed E-state index contributed by atoms with van der Waals surface area (Å²) in [6, 6.07) is 7.79. The van der Waals surface area contributed by atoms with Gasteiger partial charge in [0.15, 0.2) is 0 Å². The molecular formula is C13H17NO3. The molecule has 2 rings (SSSR count). The number of nitrogens with zero attached hydrogens (tertiary/aromatic N) is 1. The molecule has 0 bridgehead atoms. The molecule has 1 N–H and O–H groups in total. The van der Waals surface area contributed by atoms with Crippen LogP contribution < -0.4 is 9.64 Å². The molecule has 2 unspecified atom stereocenters. The second kappa shape index (κ2) is 4.65. The van der Waals surface area contributed by atoms with Gasteiger partial charge in [0.1, 0.15) is 5.75 Å². The number of methoxy groups -OCH3 is 1. The van der Waals surface area contributed by atoms with Crippen LogP contribution in [0.1, 0.15) is 6.42 Å². The van der Waals surface area contributed by atoms with Gasteiger partial charge in [-0.2, -0.15) is 0 Å². The molecule has 0 saturated heterocycles. The number of aliphatic carboxylic acids is 1. The molecule has 2 atom stereocenters. The van der Waals surface area contributed by atoms with Crippen LogP contribution in [0.3, 0.4) is 0 Å². The van der Waals surface area contributed by atoms with E-state index in [0.717, 1.165) is 24.4 Å². The quantitative estimate of drug-likeness (QED) is 0.846. The van der Waals surface area contributed by atoms with Crippen LogP contribution in [0.5, 0.6) is 5.75 Å².